The number of rotatable bonds is 2. The Hall–Kier alpha value is -3.28. The van der Waals surface area contributed by atoms with Crippen LogP contribution in [0.1, 0.15) is 16.7 Å². The van der Waals surface area contributed by atoms with E-state index in [0.717, 1.165) is 0 Å². The lowest BCUT2D eigenvalue weighted by Gasteiger charge is -2.48. The zero-order valence-corrected chi connectivity index (χ0v) is 14.4. The van der Waals surface area contributed by atoms with E-state index in [9.17, 15) is 10.2 Å². The second-order valence-corrected chi connectivity index (χ2v) is 6.77. The van der Waals surface area contributed by atoms with Crippen LogP contribution in [0.3, 0.4) is 0 Å². The Morgan fingerprint density at radius 3 is 1.96 bits per heavy atom. The molecular formula is C22H17N3O2. The van der Waals surface area contributed by atoms with Crippen molar-refractivity contribution in [2.75, 3.05) is 0 Å². The number of nitrogens with zero attached hydrogens (tertiary/aromatic N) is 3. The third-order valence-corrected chi connectivity index (χ3v) is 5.44. The molecule has 4 aromatic rings. The van der Waals surface area contributed by atoms with Crippen LogP contribution in [-0.2, 0) is 11.2 Å². The van der Waals surface area contributed by atoms with Gasteiger partial charge in [-0.05, 0) is 17.2 Å². The standard InChI is InChI=1S/C22H17N3O2/c1-15-21(26,16-9-4-2-5-10-16)22(27,17-11-6-3-7-12-17)18-13-8-14-19-20(18)25(15)24-23-19/h2-14,26-27H,1H2/t21-,22-/m0/s1. The van der Waals surface area contributed by atoms with Crippen molar-refractivity contribution in [1.82, 2.24) is 15.0 Å². The van der Waals surface area contributed by atoms with Gasteiger partial charge in [0.25, 0.3) is 0 Å². The molecule has 2 atom stereocenters. The predicted octanol–water partition coefficient (Wildman–Crippen LogP) is 3.04. The topological polar surface area (TPSA) is 71.2 Å². The van der Waals surface area contributed by atoms with Crippen LogP contribution < -0.4 is 0 Å². The maximum absolute atomic E-state index is 12.2. The van der Waals surface area contributed by atoms with E-state index >= 15 is 0 Å². The van der Waals surface area contributed by atoms with Crippen LogP contribution >= 0.6 is 0 Å². The summed E-state index contributed by atoms with van der Waals surface area (Å²) in [6.45, 7) is 4.11. The second kappa shape index (κ2) is 5.36. The quantitative estimate of drug-likeness (QED) is 0.580. The highest BCUT2D eigenvalue weighted by molar-refractivity contribution is 5.88. The van der Waals surface area contributed by atoms with Crippen molar-refractivity contribution in [3.63, 3.8) is 0 Å². The molecule has 3 aromatic carbocycles. The summed E-state index contributed by atoms with van der Waals surface area (Å²) in [5.74, 6) is 0. The minimum atomic E-state index is -1.83. The third kappa shape index (κ3) is 1.84. The van der Waals surface area contributed by atoms with Gasteiger partial charge < -0.3 is 10.2 Å². The lowest BCUT2D eigenvalue weighted by atomic mass is 9.66. The predicted molar refractivity (Wildman–Crippen MR) is 103 cm³/mol. The van der Waals surface area contributed by atoms with E-state index in [1.54, 1.807) is 30.3 Å². The van der Waals surface area contributed by atoms with Gasteiger partial charge >= 0.3 is 0 Å². The average molecular weight is 355 g/mol. The molecule has 1 aliphatic heterocycles. The Bertz CT molecular complexity index is 1170. The molecule has 132 valence electrons. The van der Waals surface area contributed by atoms with Crippen LogP contribution in [0, 0.1) is 0 Å². The molecule has 0 fully saturated rings. The van der Waals surface area contributed by atoms with Crippen molar-refractivity contribution in [2.24, 2.45) is 0 Å². The molecule has 1 aromatic heterocycles. The first-order chi connectivity index (χ1) is 13.1. The molecule has 0 amide bonds. The molecule has 27 heavy (non-hydrogen) atoms. The summed E-state index contributed by atoms with van der Waals surface area (Å²) in [6, 6.07) is 23.7. The summed E-state index contributed by atoms with van der Waals surface area (Å²) >= 11 is 0. The van der Waals surface area contributed by atoms with Crippen LogP contribution in [0.15, 0.2) is 85.4 Å². The van der Waals surface area contributed by atoms with Crippen LogP contribution in [-0.4, -0.2) is 25.2 Å². The fourth-order valence-corrected chi connectivity index (χ4v) is 4.11. The van der Waals surface area contributed by atoms with Crippen molar-refractivity contribution in [3.05, 3.63) is 102 Å². The molecule has 0 saturated heterocycles. The highest BCUT2D eigenvalue weighted by Crippen LogP contribution is 2.55. The van der Waals surface area contributed by atoms with E-state index in [-0.39, 0.29) is 5.70 Å². The first-order valence-electron chi connectivity index (χ1n) is 8.69. The van der Waals surface area contributed by atoms with Crippen molar-refractivity contribution in [3.8, 4) is 0 Å². The van der Waals surface area contributed by atoms with Gasteiger partial charge in [-0.1, -0.05) is 84.6 Å². The Kier molecular flexibility index (Phi) is 3.16. The first-order valence-corrected chi connectivity index (χ1v) is 8.69. The van der Waals surface area contributed by atoms with Crippen LogP contribution in [0.5, 0.6) is 0 Å². The lowest BCUT2D eigenvalue weighted by molar-refractivity contribution is -0.106. The van der Waals surface area contributed by atoms with E-state index in [2.05, 4.69) is 16.9 Å². The number of hydrogen-bond donors (Lipinski definition) is 2. The molecule has 0 spiro atoms. The molecule has 5 nitrogen and oxygen atoms in total. The van der Waals surface area contributed by atoms with Crippen LogP contribution in [0.25, 0.3) is 16.7 Å². The van der Waals surface area contributed by atoms with E-state index in [0.29, 0.717) is 27.7 Å². The minimum absolute atomic E-state index is 0.251. The minimum Gasteiger partial charge on any atom is -0.376 e. The Morgan fingerprint density at radius 1 is 0.741 bits per heavy atom. The molecule has 0 unspecified atom stereocenters. The van der Waals surface area contributed by atoms with Crippen molar-refractivity contribution in [2.45, 2.75) is 11.2 Å². The maximum Gasteiger partial charge on any atom is 0.168 e. The van der Waals surface area contributed by atoms with Crippen LogP contribution in [0.4, 0.5) is 0 Å². The van der Waals surface area contributed by atoms with Gasteiger partial charge in [0.1, 0.15) is 11.0 Å². The molecule has 0 radical (unpaired) electrons. The van der Waals surface area contributed by atoms with Gasteiger partial charge in [0.05, 0.1) is 5.70 Å². The smallest absolute Gasteiger partial charge is 0.168 e. The third-order valence-electron chi connectivity index (χ3n) is 5.44. The number of hydrogen-bond acceptors (Lipinski definition) is 4. The van der Waals surface area contributed by atoms with E-state index in [1.165, 1.54) is 4.68 Å². The van der Waals surface area contributed by atoms with Crippen molar-refractivity contribution in [1.29, 1.82) is 0 Å². The molecular weight excluding hydrogens is 338 g/mol. The van der Waals surface area contributed by atoms with E-state index < -0.39 is 11.2 Å². The normalized spacial score (nSPS) is 24.3. The molecule has 5 rings (SSSR count). The fourth-order valence-electron chi connectivity index (χ4n) is 4.11. The van der Waals surface area contributed by atoms with Gasteiger partial charge in [-0.3, -0.25) is 0 Å². The average Bonchev–Trinajstić information content (AvgIpc) is 3.17. The van der Waals surface area contributed by atoms with Gasteiger partial charge in [-0.2, -0.15) is 0 Å². The second-order valence-electron chi connectivity index (χ2n) is 6.77. The van der Waals surface area contributed by atoms with Gasteiger partial charge in [0.2, 0.25) is 0 Å². The first kappa shape index (κ1) is 15.9. The Balaban J connectivity index is 1.96. The maximum atomic E-state index is 12.2. The van der Waals surface area contributed by atoms with Crippen molar-refractivity contribution >= 4 is 16.7 Å². The summed E-state index contributed by atoms with van der Waals surface area (Å²) in [5, 5.41) is 32.6. The summed E-state index contributed by atoms with van der Waals surface area (Å²) in [7, 11) is 0. The molecule has 0 saturated carbocycles. The van der Waals surface area contributed by atoms with Crippen LogP contribution in [0.2, 0.25) is 0 Å². The molecule has 2 N–H and O–H groups in total. The number of para-hydroxylation sites is 1. The summed E-state index contributed by atoms with van der Waals surface area (Å²) < 4.78 is 1.52. The SMILES string of the molecule is C=C1n2nnc3cccc(c32)[C@@](O)(c2ccccc2)[C@@]1(O)c1ccccc1. The van der Waals surface area contributed by atoms with E-state index in [4.69, 9.17) is 0 Å². The summed E-state index contributed by atoms with van der Waals surface area (Å²) in [6.07, 6.45) is 0. The van der Waals surface area contributed by atoms with Gasteiger partial charge in [-0.25, -0.2) is 4.68 Å². The van der Waals surface area contributed by atoms with Crippen molar-refractivity contribution < 1.29 is 10.2 Å². The molecule has 0 bridgehead atoms. The van der Waals surface area contributed by atoms with Gasteiger partial charge in [-0.15, -0.1) is 5.10 Å². The Labute approximate surface area is 155 Å². The number of benzene rings is 3. The van der Waals surface area contributed by atoms with E-state index in [1.807, 2.05) is 48.5 Å². The monoisotopic (exact) mass is 355 g/mol. The number of aliphatic hydroxyl groups is 2. The highest BCUT2D eigenvalue weighted by Gasteiger charge is 2.59. The fraction of sp³-hybridized carbons (Fsp3) is 0.0909. The zero-order valence-electron chi connectivity index (χ0n) is 14.4. The lowest BCUT2D eigenvalue weighted by Crippen LogP contribution is -2.54. The molecule has 2 heterocycles. The van der Waals surface area contributed by atoms with Gasteiger partial charge in [0.15, 0.2) is 11.2 Å². The summed E-state index contributed by atoms with van der Waals surface area (Å²) in [4.78, 5) is 0. The van der Waals surface area contributed by atoms with Gasteiger partial charge in [0, 0.05) is 5.56 Å². The Morgan fingerprint density at radius 2 is 1.33 bits per heavy atom. The largest absolute Gasteiger partial charge is 0.376 e. The zero-order chi connectivity index (χ0) is 18.6. The number of aromatic nitrogens is 3. The summed E-state index contributed by atoms with van der Waals surface area (Å²) in [5.41, 5.74) is -0.421. The molecule has 1 aliphatic rings. The molecule has 5 heteroatoms. The molecule has 0 aliphatic carbocycles. The highest BCUT2D eigenvalue weighted by atomic mass is 16.4.